The Hall–Kier alpha value is -0.790. The number of hydrogen-bond acceptors (Lipinski definition) is 2. The van der Waals surface area contributed by atoms with Crippen molar-refractivity contribution in [3.63, 3.8) is 0 Å². The quantitative estimate of drug-likeness (QED) is 0.801. The molecule has 0 aromatic heterocycles. The van der Waals surface area contributed by atoms with E-state index in [0.29, 0.717) is 11.1 Å². The van der Waals surface area contributed by atoms with E-state index in [2.05, 4.69) is 24.5 Å². The zero-order valence-electron chi connectivity index (χ0n) is 11.7. The van der Waals surface area contributed by atoms with Crippen LogP contribution >= 0.6 is 11.6 Å². The molecule has 19 heavy (non-hydrogen) atoms. The molecule has 1 aliphatic carbocycles. The maximum atomic E-state index is 10.8. The first kappa shape index (κ1) is 14.6. The smallest absolute Gasteiger partial charge is 0.0926 e. The van der Waals surface area contributed by atoms with E-state index in [4.69, 9.17) is 11.6 Å². The third kappa shape index (κ3) is 3.40. The van der Waals surface area contributed by atoms with Crippen molar-refractivity contribution < 1.29 is 5.11 Å². The lowest BCUT2D eigenvalue weighted by Crippen LogP contribution is -2.48. The van der Waals surface area contributed by atoms with Crippen molar-refractivity contribution in [2.45, 2.75) is 44.8 Å². The lowest BCUT2D eigenvalue weighted by molar-refractivity contribution is 0.00128. The van der Waals surface area contributed by atoms with Gasteiger partial charge in [0, 0.05) is 24.2 Å². The zero-order chi connectivity index (χ0) is 13.9. The number of piperidine rings is 1. The fourth-order valence-corrected chi connectivity index (χ4v) is 2.77. The molecule has 3 heteroatoms. The summed E-state index contributed by atoms with van der Waals surface area (Å²) in [7, 11) is 0. The van der Waals surface area contributed by atoms with Crippen molar-refractivity contribution in [3.05, 3.63) is 40.6 Å². The van der Waals surface area contributed by atoms with Crippen LogP contribution in [0, 0.1) is 0 Å². The van der Waals surface area contributed by atoms with Crippen LogP contribution in [-0.4, -0.2) is 34.7 Å². The monoisotopic (exact) mass is 279 g/mol. The van der Waals surface area contributed by atoms with Gasteiger partial charge in [-0.2, -0.15) is 0 Å². The summed E-state index contributed by atoms with van der Waals surface area (Å²) in [5.41, 5.74) is 3.21. The first-order valence-electron chi connectivity index (χ1n) is 7.02. The molecule has 2 rings (SSSR count). The summed E-state index contributed by atoms with van der Waals surface area (Å²) >= 11 is 5.94. The highest BCUT2D eigenvalue weighted by atomic mass is 35.5. The van der Waals surface area contributed by atoms with Crippen molar-refractivity contribution in [2.75, 3.05) is 13.1 Å². The highest BCUT2D eigenvalue weighted by molar-refractivity contribution is 6.31. The average Bonchev–Trinajstić information content (AvgIpc) is 2.64. The minimum Gasteiger partial charge on any atom is -0.385 e. The van der Waals surface area contributed by atoms with Crippen LogP contribution in [0.15, 0.2) is 40.6 Å². The molecular formula is C16H22ClNO. The van der Waals surface area contributed by atoms with Gasteiger partial charge in [0.15, 0.2) is 0 Å². The van der Waals surface area contributed by atoms with Crippen molar-refractivity contribution >= 4 is 11.6 Å². The molecule has 1 fully saturated rings. The van der Waals surface area contributed by atoms with E-state index in [0.717, 1.165) is 37.9 Å². The van der Waals surface area contributed by atoms with E-state index in [1.807, 2.05) is 18.2 Å². The summed E-state index contributed by atoms with van der Waals surface area (Å²) in [6.45, 7) is 6.34. The highest BCUT2D eigenvalue weighted by Gasteiger charge is 2.35. The number of halogens is 1. The molecule has 1 unspecified atom stereocenters. The Morgan fingerprint density at radius 1 is 1.37 bits per heavy atom. The van der Waals surface area contributed by atoms with Crippen molar-refractivity contribution in [3.8, 4) is 0 Å². The summed E-state index contributed by atoms with van der Waals surface area (Å²) in [5.74, 6) is 0. The first-order valence-corrected chi connectivity index (χ1v) is 7.40. The summed E-state index contributed by atoms with van der Waals surface area (Å²) in [4.78, 5) is 2.45. The topological polar surface area (TPSA) is 23.5 Å². The molecule has 0 amide bonds. The standard InChI is InChI=1S/C16H22ClNO/c1-3-13(2)18-11-9-16(19,10-12-18)14-5-4-6-15(17)8-7-14/h5-8,13,19H,3,9-12H2,1-2H3. The number of rotatable bonds is 3. The predicted molar refractivity (Wildman–Crippen MR) is 80.2 cm³/mol. The minimum atomic E-state index is -0.733. The van der Waals surface area contributed by atoms with Crippen LogP contribution < -0.4 is 0 Å². The first-order chi connectivity index (χ1) is 9.05. The Morgan fingerprint density at radius 3 is 2.68 bits per heavy atom. The van der Waals surface area contributed by atoms with Crippen LogP contribution in [-0.2, 0) is 0 Å². The third-order valence-electron chi connectivity index (χ3n) is 4.26. The van der Waals surface area contributed by atoms with E-state index in [9.17, 15) is 5.11 Å². The Labute approximate surface area is 120 Å². The lowest BCUT2D eigenvalue weighted by atomic mass is 9.83. The molecule has 0 spiro atoms. The Bertz CT molecular complexity index is 449. The van der Waals surface area contributed by atoms with Gasteiger partial charge >= 0.3 is 0 Å². The molecule has 1 N–H and O–H groups in total. The molecule has 2 nitrogen and oxygen atoms in total. The molecule has 1 saturated heterocycles. The largest absolute Gasteiger partial charge is 0.385 e. The number of nitrogens with zero attached hydrogens (tertiary/aromatic N) is 1. The van der Waals surface area contributed by atoms with Crippen LogP contribution in [0.4, 0.5) is 0 Å². The summed E-state index contributed by atoms with van der Waals surface area (Å²) in [6.07, 6.45) is 10.0. The second kappa shape index (κ2) is 6.11. The molecule has 0 radical (unpaired) electrons. The van der Waals surface area contributed by atoms with Crippen molar-refractivity contribution in [1.82, 2.24) is 4.90 Å². The van der Waals surface area contributed by atoms with Gasteiger partial charge in [-0.3, -0.25) is 0 Å². The number of aliphatic hydroxyl groups is 1. The minimum absolute atomic E-state index is 0.595. The molecule has 1 aliphatic heterocycles. The normalized spacial score (nSPS) is 24.6. The van der Waals surface area contributed by atoms with Gasteiger partial charge in [0.25, 0.3) is 0 Å². The molecule has 0 saturated carbocycles. The maximum absolute atomic E-state index is 10.8. The van der Waals surface area contributed by atoms with Crippen molar-refractivity contribution in [1.29, 1.82) is 0 Å². The molecule has 2 aliphatic rings. The molecular weight excluding hydrogens is 258 g/mol. The van der Waals surface area contributed by atoms with Gasteiger partial charge < -0.3 is 10.0 Å². The zero-order valence-corrected chi connectivity index (χ0v) is 12.5. The second-order valence-corrected chi connectivity index (χ2v) is 5.89. The van der Waals surface area contributed by atoms with Crippen LogP contribution in [0.3, 0.4) is 0 Å². The molecule has 0 bridgehead atoms. The second-order valence-electron chi connectivity index (χ2n) is 5.45. The van der Waals surface area contributed by atoms with E-state index in [1.54, 1.807) is 6.08 Å². The summed E-state index contributed by atoms with van der Waals surface area (Å²) in [5, 5.41) is 11.5. The van der Waals surface area contributed by atoms with Crippen LogP contribution in [0.2, 0.25) is 0 Å². The number of allylic oxidation sites excluding steroid dienone is 3. The number of likely N-dealkylation sites (tertiary alicyclic amines) is 1. The third-order valence-corrected chi connectivity index (χ3v) is 4.49. The van der Waals surface area contributed by atoms with Gasteiger partial charge in [-0.25, -0.2) is 0 Å². The highest BCUT2D eigenvalue weighted by Crippen LogP contribution is 2.32. The Kier molecular flexibility index (Phi) is 4.70. The Balaban J connectivity index is 2.08. The van der Waals surface area contributed by atoms with Crippen LogP contribution in [0.1, 0.15) is 33.1 Å². The van der Waals surface area contributed by atoms with E-state index in [1.165, 1.54) is 0 Å². The molecule has 104 valence electrons. The summed E-state index contributed by atoms with van der Waals surface area (Å²) < 4.78 is 0. The van der Waals surface area contributed by atoms with E-state index >= 15 is 0 Å². The van der Waals surface area contributed by atoms with Crippen molar-refractivity contribution in [2.24, 2.45) is 0 Å². The van der Waals surface area contributed by atoms with Gasteiger partial charge in [0.2, 0.25) is 0 Å². The summed E-state index contributed by atoms with van der Waals surface area (Å²) in [6, 6.07) is 0.595. The fraction of sp³-hybridized carbons (Fsp3) is 0.562. The van der Waals surface area contributed by atoms with Crippen LogP contribution in [0.25, 0.3) is 0 Å². The Morgan fingerprint density at radius 2 is 2.05 bits per heavy atom. The average molecular weight is 280 g/mol. The predicted octanol–water partition coefficient (Wildman–Crippen LogP) is 3.39. The fourth-order valence-electron chi connectivity index (χ4n) is 2.65. The van der Waals surface area contributed by atoms with E-state index < -0.39 is 5.60 Å². The maximum Gasteiger partial charge on any atom is 0.0926 e. The number of hydrogen-bond donors (Lipinski definition) is 1. The molecule has 1 atom stereocenters. The molecule has 1 heterocycles. The molecule has 0 aromatic carbocycles. The van der Waals surface area contributed by atoms with Gasteiger partial charge in [0.05, 0.1) is 5.60 Å². The SMILES string of the molecule is CCC(C)N1CCC(O)(C2=CC=C(Cl)C=C=C2)CC1. The van der Waals surface area contributed by atoms with Crippen LogP contribution in [0.5, 0.6) is 0 Å². The van der Waals surface area contributed by atoms with E-state index in [-0.39, 0.29) is 0 Å². The van der Waals surface area contributed by atoms with Gasteiger partial charge in [-0.05, 0) is 50.0 Å². The molecule has 0 aromatic rings. The lowest BCUT2D eigenvalue weighted by Gasteiger charge is -2.41. The van der Waals surface area contributed by atoms with Gasteiger partial charge in [-0.15, -0.1) is 5.73 Å². The van der Waals surface area contributed by atoms with Gasteiger partial charge in [-0.1, -0.05) is 24.6 Å². The van der Waals surface area contributed by atoms with Gasteiger partial charge in [0.1, 0.15) is 0 Å².